The van der Waals surface area contributed by atoms with Gasteiger partial charge in [-0.3, -0.25) is 9.69 Å². The molecule has 4 rings (SSSR count). The molecule has 0 radical (unpaired) electrons. The van der Waals surface area contributed by atoms with Gasteiger partial charge in [0, 0.05) is 11.5 Å². The molecule has 150 valence electrons. The average molecular weight is 399 g/mol. The maximum Gasteiger partial charge on any atom is 0.250 e. The first kappa shape index (κ1) is 19.3. The number of ether oxygens (including phenoxy) is 1. The summed E-state index contributed by atoms with van der Waals surface area (Å²) >= 11 is 0. The molecule has 2 N–H and O–H groups in total. The Morgan fingerprint density at radius 3 is 2.57 bits per heavy atom. The van der Waals surface area contributed by atoms with Gasteiger partial charge in [-0.05, 0) is 36.8 Å². The number of hydrogen-bond donors (Lipinski definition) is 1. The van der Waals surface area contributed by atoms with Crippen LogP contribution in [0.5, 0.6) is 5.88 Å². The minimum absolute atomic E-state index is 0.381. The Bertz CT molecular complexity index is 1170. The molecule has 0 saturated carbocycles. The Balaban J connectivity index is 1.91. The number of anilines is 3. The lowest BCUT2D eigenvalue weighted by Crippen LogP contribution is -2.19. The van der Waals surface area contributed by atoms with Crippen molar-refractivity contribution in [3.05, 3.63) is 78.8 Å². The van der Waals surface area contributed by atoms with Crippen LogP contribution in [0.3, 0.4) is 0 Å². The van der Waals surface area contributed by atoms with Gasteiger partial charge in [-0.25, -0.2) is 15.0 Å². The predicted octanol–water partition coefficient (Wildman–Crippen LogP) is 4.38. The van der Waals surface area contributed by atoms with Gasteiger partial charge in [0.25, 0.3) is 5.91 Å². The second-order valence-electron chi connectivity index (χ2n) is 6.63. The summed E-state index contributed by atoms with van der Waals surface area (Å²) < 4.78 is 5.60. The van der Waals surface area contributed by atoms with Gasteiger partial charge in [0.1, 0.15) is 12.1 Å². The van der Waals surface area contributed by atoms with Crippen LogP contribution in [-0.2, 0) is 0 Å². The van der Waals surface area contributed by atoms with E-state index in [4.69, 9.17) is 10.5 Å². The van der Waals surface area contributed by atoms with Gasteiger partial charge in [0.15, 0.2) is 0 Å². The Kier molecular flexibility index (Phi) is 5.52. The molecule has 30 heavy (non-hydrogen) atoms. The molecular weight excluding hydrogens is 378 g/mol. The van der Waals surface area contributed by atoms with Gasteiger partial charge in [-0.1, -0.05) is 31.2 Å². The normalized spacial score (nSPS) is 10.7. The van der Waals surface area contributed by atoms with Crippen molar-refractivity contribution in [2.45, 2.75) is 13.3 Å². The average Bonchev–Trinajstić information content (AvgIpc) is 2.79. The topological polar surface area (TPSA) is 94.2 Å². The van der Waals surface area contributed by atoms with Gasteiger partial charge in [-0.2, -0.15) is 0 Å². The van der Waals surface area contributed by atoms with Gasteiger partial charge in [-0.15, -0.1) is 0 Å². The summed E-state index contributed by atoms with van der Waals surface area (Å²) in [6.45, 7) is 2.63. The smallest absolute Gasteiger partial charge is 0.250 e. The largest absolute Gasteiger partial charge is 0.478 e. The Morgan fingerprint density at radius 1 is 1.00 bits per heavy atom. The SMILES string of the molecule is CCCOc1ccc(N(c2ccccc2C(N)=O)c2ncnc3ccccc23)cn1. The fraction of sp³-hybridized carbons (Fsp3) is 0.130. The monoisotopic (exact) mass is 399 g/mol. The van der Waals surface area contributed by atoms with Crippen LogP contribution in [0.4, 0.5) is 17.2 Å². The molecule has 0 spiro atoms. The summed E-state index contributed by atoms with van der Waals surface area (Å²) in [5, 5.41) is 0.839. The van der Waals surface area contributed by atoms with Crippen molar-refractivity contribution in [3.8, 4) is 5.88 Å². The van der Waals surface area contributed by atoms with Crippen molar-refractivity contribution >= 4 is 34.0 Å². The van der Waals surface area contributed by atoms with Crippen molar-refractivity contribution in [2.24, 2.45) is 5.73 Å². The molecule has 2 heterocycles. The molecule has 1 amide bonds. The highest BCUT2D eigenvalue weighted by Crippen LogP contribution is 2.38. The molecule has 0 fully saturated rings. The zero-order valence-electron chi connectivity index (χ0n) is 16.5. The zero-order chi connectivity index (χ0) is 20.9. The molecule has 0 atom stereocenters. The molecule has 0 saturated heterocycles. The summed E-state index contributed by atoms with van der Waals surface area (Å²) in [4.78, 5) is 27.3. The second kappa shape index (κ2) is 8.57. The summed E-state index contributed by atoms with van der Waals surface area (Å²) in [7, 11) is 0. The molecule has 2 aromatic carbocycles. The van der Waals surface area contributed by atoms with Crippen LogP contribution in [0.15, 0.2) is 73.2 Å². The molecule has 4 aromatic rings. The minimum Gasteiger partial charge on any atom is -0.478 e. The number of primary amides is 1. The highest BCUT2D eigenvalue weighted by atomic mass is 16.5. The van der Waals surface area contributed by atoms with Crippen LogP contribution >= 0.6 is 0 Å². The number of nitrogens with two attached hydrogens (primary N) is 1. The lowest BCUT2D eigenvalue weighted by Gasteiger charge is -2.26. The number of aromatic nitrogens is 3. The van der Waals surface area contributed by atoms with Gasteiger partial charge >= 0.3 is 0 Å². The number of pyridine rings is 1. The summed E-state index contributed by atoms with van der Waals surface area (Å²) in [5.41, 5.74) is 8.17. The molecular formula is C23H21N5O2. The minimum atomic E-state index is -0.523. The van der Waals surface area contributed by atoms with E-state index in [2.05, 4.69) is 15.0 Å². The molecule has 0 aliphatic rings. The quantitative estimate of drug-likeness (QED) is 0.495. The van der Waals surface area contributed by atoms with E-state index in [-0.39, 0.29) is 0 Å². The number of hydrogen-bond acceptors (Lipinski definition) is 6. The van der Waals surface area contributed by atoms with Gasteiger partial charge < -0.3 is 10.5 Å². The number of amides is 1. The van der Waals surface area contributed by atoms with Crippen LogP contribution in [0.25, 0.3) is 10.9 Å². The van der Waals surface area contributed by atoms with E-state index >= 15 is 0 Å². The van der Waals surface area contributed by atoms with E-state index in [9.17, 15) is 4.79 Å². The maximum absolute atomic E-state index is 12.2. The third-order valence-corrected chi connectivity index (χ3v) is 4.58. The standard InChI is InChI=1S/C23H21N5O2/c1-2-13-30-21-12-11-16(14-25-21)28(20-10-6-4-8-18(20)22(24)29)23-17-7-3-5-9-19(17)26-15-27-23/h3-12,14-15H,2,13H2,1H3,(H2,24,29). The molecule has 0 unspecified atom stereocenters. The Hall–Kier alpha value is -4.00. The number of benzene rings is 2. The fourth-order valence-electron chi connectivity index (χ4n) is 3.22. The van der Waals surface area contributed by atoms with Crippen LogP contribution in [0.2, 0.25) is 0 Å². The van der Waals surface area contributed by atoms with Gasteiger partial charge in [0.05, 0.1) is 35.3 Å². The highest BCUT2D eigenvalue weighted by molar-refractivity contribution is 6.03. The first-order chi connectivity index (χ1) is 14.7. The molecule has 0 aliphatic heterocycles. The predicted molar refractivity (Wildman–Crippen MR) is 116 cm³/mol. The molecule has 0 bridgehead atoms. The number of rotatable bonds is 7. The van der Waals surface area contributed by atoms with Crippen LogP contribution in [-0.4, -0.2) is 27.5 Å². The lowest BCUT2D eigenvalue weighted by atomic mass is 10.1. The van der Waals surface area contributed by atoms with Crippen LogP contribution in [0.1, 0.15) is 23.7 Å². The molecule has 7 heteroatoms. The van der Waals surface area contributed by atoms with Crippen molar-refractivity contribution in [1.29, 1.82) is 0 Å². The second-order valence-corrected chi connectivity index (χ2v) is 6.63. The van der Waals surface area contributed by atoms with Crippen molar-refractivity contribution in [1.82, 2.24) is 15.0 Å². The van der Waals surface area contributed by atoms with Crippen LogP contribution < -0.4 is 15.4 Å². The maximum atomic E-state index is 12.2. The van der Waals surface area contributed by atoms with E-state index in [1.165, 1.54) is 6.33 Å². The fourth-order valence-corrected chi connectivity index (χ4v) is 3.22. The zero-order valence-corrected chi connectivity index (χ0v) is 16.5. The third kappa shape index (κ3) is 3.77. The summed E-state index contributed by atoms with van der Waals surface area (Å²) in [6, 6.07) is 18.5. The summed E-state index contributed by atoms with van der Waals surface area (Å²) in [5.74, 6) is 0.638. The number of carbonyl (C=O) groups is 1. The first-order valence-corrected chi connectivity index (χ1v) is 9.66. The van der Waals surface area contributed by atoms with E-state index in [1.807, 2.05) is 54.3 Å². The van der Waals surface area contributed by atoms with Crippen LogP contribution in [0, 0.1) is 0 Å². The number of nitrogens with zero attached hydrogens (tertiary/aromatic N) is 4. The van der Waals surface area contributed by atoms with Crippen molar-refractivity contribution in [2.75, 3.05) is 11.5 Å². The Morgan fingerprint density at radius 2 is 1.80 bits per heavy atom. The van der Waals surface area contributed by atoms with Crippen molar-refractivity contribution in [3.63, 3.8) is 0 Å². The van der Waals surface area contributed by atoms with E-state index in [0.29, 0.717) is 29.6 Å². The van der Waals surface area contributed by atoms with E-state index in [0.717, 1.165) is 23.0 Å². The summed E-state index contributed by atoms with van der Waals surface area (Å²) in [6.07, 6.45) is 4.10. The van der Waals surface area contributed by atoms with E-state index < -0.39 is 5.91 Å². The third-order valence-electron chi connectivity index (χ3n) is 4.58. The van der Waals surface area contributed by atoms with E-state index in [1.54, 1.807) is 24.4 Å². The van der Waals surface area contributed by atoms with Gasteiger partial charge in [0.2, 0.25) is 5.88 Å². The lowest BCUT2D eigenvalue weighted by molar-refractivity contribution is 0.100. The number of carbonyl (C=O) groups excluding carboxylic acids is 1. The Labute approximate surface area is 174 Å². The number of fused-ring (bicyclic) bond motifs is 1. The number of para-hydroxylation sites is 2. The highest BCUT2D eigenvalue weighted by Gasteiger charge is 2.21. The first-order valence-electron chi connectivity index (χ1n) is 9.66. The molecule has 2 aromatic heterocycles. The van der Waals surface area contributed by atoms with Crippen molar-refractivity contribution < 1.29 is 9.53 Å². The molecule has 0 aliphatic carbocycles. The molecule has 7 nitrogen and oxygen atoms in total.